The van der Waals surface area contributed by atoms with E-state index in [1.54, 1.807) is 12.5 Å². The first-order chi connectivity index (χ1) is 3.15. The van der Waals surface area contributed by atoms with Crippen molar-refractivity contribution in [3.05, 3.63) is 19.6 Å². The highest BCUT2D eigenvalue weighted by molar-refractivity contribution is 7.89. The Morgan fingerprint density at radius 1 is 1.57 bits per heavy atom. The molecular weight excluding hydrogens is 108 g/mol. The van der Waals surface area contributed by atoms with E-state index in [-0.39, 0.29) is 0 Å². The Hall–Kier alpha value is 0.0500. The number of rotatable bonds is 0. The largest absolute Gasteiger partial charge is 0.617 e. The van der Waals surface area contributed by atoms with Crippen molar-refractivity contribution >= 4 is 11.2 Å². The molecule has 0 aromatic carbocycles. The van der Waals surface area contributed by atoms with Gasteiger partial charge in [-0.3, -0.25) is 0 Å². The summed E-state index contributed by atoms with van der Waals surface area (Å²) in [7, 11) is 0. The molecule has 2 heteroatoms. The molecule has 0 aliphatic heterocycles. The summed E-state index contributed by atoms with van der Waals surface area (Å²) in [5, 5.41) is 0. The number of hydrogen-bond donors (Lipinski definition) is 0. The molecule has 1 radical (unpaired) electrons. The highest BCUT2D eigenvalue weighted by atomic mass is 32.2. The van der Waals surface area contributed by atoms with Gasteiger partial charge in [0.05, 0.1) is 12.5 Å². The number of allylic oxidation sites excluding steroid dienone is 1. The molecule has 0 N–H and O–H groups in total. The molecule has 0 atom stereocenters. The van der Waals surface area contributed by atoms with Crippen molar-refractivity contribution in [1.82, 2.24) is 0 Å². The Morgan fingerprint density at radius 2 is 1.57 bits per heavy atom. The zero-order valence-corrected chi connectivity index (χ0v) is 5.62. The van der Waals surface area contributed by atoms with Crippen molar-refractivity contribution in [2.24, 2.45) is 0 Å². The van der Waals surface area contributed by atoms with E-state index in [2.05, 4.69) is 13.5 Å². The van der Waals surface area contributed by atoms with Gasteiger partial charge in [-0.15, -0.1) is 6.58 Å². The Balaban J connectivity index is 0. The van der Waals surface area contributed by atoms with Gasteiger partial charge in [0.1, 0.15) is 0 Å². The maximum absolute atomic E-state index is 9.56. The average molecular weight is 119 g/mol. The van der Waals surface area contributed by atoms with Crippen LogP contribution in [0.1, 0.15) is 0 Å². The molecule has 0 aromatic heterocycles. The van der Waals surface area contributed by atoms with Crippen molar-refractivity contribution in [3.8, 4) is 0 Å². The second-order valence-electron chi connectivity index (χ2n) is 1.03. The molecule has 43 valence electrons. The van der Waals surface area contributed by atoms with E-state index in [9.17, 15) is 4.55 Å². The second kappa shape index (κ2) is 9.41. The molecule has 0 rings (SSSR count). The van der Waals surface area contributed by atoms with E-state index in [1.165, 1.54) is 6.08 Å². The molecule has 0 unspecified atom stereocenters. The zero-order chi connectivity index (χ0) is 6.28. The summed E-state index contributed by atoms with van der Waals surface area (Å²) in [6.07, 6.45) is 4.78. The van der Waals surface area contributed by atoms with Crippen LogP contribution in [0.25, 0.3) is 0 Å². The van der Waals surface area contributed by atoms with Gasteiger partial charge in [-0.2, -0.15) is 0 Å². The van der Waals surface area contributed by atoms with Crippen molar-refractivity contribution in [2.45, 2.75) is 0 Å². The van der Waals surface area contributed by atoms with Gasteiger partial charge in [0.2, 0.25) is 0 Å². The molecule has 1 nitrogen and oxygen atoms in total. The lowest BCUT2D eigenvalue weighted by atomic mass is 10.8. The van der Waals surface area contributed by atoms with Crippen LogP contribution in [0.3, 0.4) is 0 Å². The average Bonchev–Trinajstić information content (AvgIpc) is 1.33. The van der Waals surface area contributed by atoms with Crippen LogP contribution in [-0.4, -0.2) is 17.1 Å². The van der Waals surface area contributed by atoms with Crippen LogP contribution >= 0.6 is 0 Å². The molecule has 0 aliphatic carbocycles. The van der Waals surface area contributed by atoms with Crippen LogP contribution in [0.5, 0.6) is 0 Å². The molecule has 7 heavy (non-hydrogen) atoms. The predicted molar refractivity (Wildman–Crippen MR) is 35.5 cm³/mol. The highest BCUT2D eigenvalue weighted by Crippen LogP contribution is 1.61. The fourth-order valence-corrected chi connectivity index (χ4v) is 0. The quantitative estimate of drug-likeness (QED) is 0.436. The Kier molecular flexibility index (Phi) is 13.6. The molecule has 0 saturated heterocycles. The predicted octanol–water partition coefficient (Wildman–Crippen LogP) is 1.00. The van der Waals surface area contributed by atoms with Crippen molar-refractivity contribution in [2.75, 3.05) is 12.5 Å². The van der Waals surface area contributed by atoms with Gasteiger partial charge in [0, 0.05) is 0 Å². The molecule has 0 bridgehead atoms. The van der Waals surface area contributed by atoms with E-state index in [4.69, 9.17) is 0 Å². The van der Waals surface area contributed by atoms with E-state index >= 15 is 0 Å². The topological polar surface area (TPSA) is 23.1 Å². The monoisotopic (exact) mass is 119 g/mol. The summed E-state index contributed by atoms with van der Waals surface area (Å²) in [5.41, 5.74) is 0. The fourth-order valence-electron chi connectivity index (χ4n) is 0. The lowest BCUT2D eigenvalue weighted by molar-refractivity contribution is 0.606. The van der Waals surface area contributed by atoms with Crippen LogP contribution in [0.15, 0.2) is 12.7 Å². The molecule has 0 amide bonds. The summed E-state index contributed by atoms with van der Waals surface area (Å²) in [4.78, 5) is 0. The number of hydrogen-bond acceptors (Lipinski definition) is 1. The summed E-state index contributed by atoms with van der Waals surface area (Å²) in [6.45, 7) is 6.50. The van der Waals surface area contributed by atoms with Gasteiger partial charge >= 0.3 is 0 Å². The maximum Gasteiger partial charge on any atom is 0.0946 e. The first-order valence-electron chi connectivity index (χ1n) is 1.80. The van der Waals surface area contributed by atoms with Gasteiger partial charge in [0.25, 0.3) is 0 Å². The minimum Gasteiger partial charge on any atom is -0.617 e. The maximum atomic E-state index is 9.56. The minimum atomic E-state index is -0.611. The van der Waals surface area contributed by atoms with Crippen molar-refractivity contribution < 1.29 is 4.55 Å². The third-order valence-corrected chi connectivity index (χ3v) is 0. The van der Waals surface area contributed by atoms with Crippen molar-refractivity contribution in [3.63, 3.8) is 0 Å². The first-order valence-corrected chi connectivity index (χ1v) is 3.77. The highest BCUT2D eigenvalue weighted by Gasteiger charge is 1.66. The SMILES string of the molecule is C[S+](C)[O-].[CH2]C=C. The molecule has 0 spiro atoms. The summed E-state index contributed by atoms with van der Waals surface area (Å²) in [5.74, 6) is 0. The molecular formula is C5H11OS. The summed E-state index contributed by atoms with van der Waals surface area (Å²) in [6, 6.07) is 0. The van der Waals surface area contributed by atoms with Gasteiger partial charge in [-0.25, -0.2) is 0 Å². The Labute approximate surface area is 48.6 Å². The fraction of sp³-hybridized carbons (Fsp3) is 0.400. The molecule has 0 fully saturated rings. The Bertz CT molecular complexity index is 32.3. The standard InChI is InChI=1S/C3H5.C2H6OS/c1-3-2;1-4(2)3/h3H,1-2H2;1-2H3. The smallest absolute Gasteiger partial charge is 0.0946 e. The van der Waals surface area contributed by atoms with Crippen LogP contribution in [0, 0.1) is 6.92 Å². The lowest BCUT2D eigenvalue weighted by Gasteiger charge is -1.87. The van der Waals surface area contributed by atoms with Gasteiger partial charge in [-0.05, 0) is 6.92 Å². The van der Waals surface area contributed by atoms with Crippen LogP contribution in [-0.2, 0) is 11.2 Å². The lowest BCUT2D eigenvalue weighted by Crippen LogP contribution is -1.86. The third kappa shape index (κ3) is 39700. The van der Waals surface area contributed by atoms with Crippen molar-refractivity contribution in [1.29, 1.82) is 0 Å². The van der Waals surface area contributed by atoms with Crippen LogP contribution < -0.4 is 0 Å². The molecule has 0 aliphatic rings. The molecule has 0 aromatic rings. The molecule has 0 heterocycles. The summed E-state index contributed by atoms with van der Waals surface area (Å²) >= 11 is -0.611. The summed E-state index contributed by atoms with van der Waals surface area (Å²) < 4.78 is 9.56. The van der Waals surface area contributed by atoms with Crippen LogP contribution in [0.2, 0.25) is 0 Å². The first kappa shape index (κ1) is 10.1. The minimum absolute atomic E-state index is 0.611. The van der Waals surface area contributed by atoms with Gasteiger partial charge in [0.15, 0.2) is 0 Å². The third-order valence-electron chi connectivity index (χ3n) is 0. The van der Waals surface area contributed by atoms with E-state index in [0.717, 1.165) is 0 Å². The van der Waals surface area contributed by atoms with E-state index < -0.39 is 11.2 Å². The van der Waals surface area contributed by atoms with Gasteiger partial charge in [-0.1, -0.05) is 17.3 Å². The molecule has 0 saturated carbocycles. The normalized spacial score (nSPS) is 7.00. The van der Waals surface area contributed by atoms with Gasteiger partial charge < -0.3 is 4.55 Å². The van der Waals surface area contributed by atoms with E-state index in [0.29, 0.717) is 0 Å². The van der Waals surface area contributed by atoms with E-state index in [1.807, 2.05) is 0 Å². The second-order valence-corrected chi connectivity index (χ2v) is 2.51. The Morgan fingerprint density at radius 3 is 1.57 bits per heavy atom. The van der Waals surface area contributed by atoms with Crippen LogP contribution in [0.4, 0.5) is 0 Å². The zero-order valence-electron chi connectivity index (χ0n) is 4.81.